The number of carbonyl (C=O) groups excluding carboxylic acids is 1. The molecule has 1 aliphatic rings. The quantitative estimate of drug-likeness (QED) is 0.594. The largest absolute Gasteiger partial charge is 0.465 e. The summed E-state index contributed by atoms with van der Waals surface area (Å²) < 4.78 is 34.5. The lowest BCUT2D eigenvalue weighted by Gasteiger charge is -2.04. The number of rotatable bonds is 5. The van der Waals surface area contributed by atoms with Crippen LogP contribution in [0.3, 0.4) is 0 Å². The van der Waals surface area contributed by atoms with Crippen molar-refractivity contribution in [1.29, 1.82) is 5.26 Å². The molecule has 1 fully saturated rings. The van der Waals surface area contributed by atoms with Crippen molar-refractivity contribution in [1.82, 2.24) is 0 Å². The summed E-state index contributed by atoms with van der Waals surface area (Å²) in [5.74, 6) is -0.154. The molecule has 0 spiro atoms. The smallest absolute Gasteiger partial charge is 0.348 e. The molecular formula is C19H16N2O4S3. The molecule has 0 aliphatic heterocycles. The summed E-state index contributed by atoms with van der Waals surface area (Å²) in [5, 5.41) is 10.2. The number of thiophene rings is 2. The predicted octanol–water partition coefficient (Wildman–Crippen LogP) is 4.61. The van der Waals surface area contributed by atoms with Crippen molar-refractivity contribution in [3.05, 3.63) is 45.8 Å². The number of nitrogens with zero attached hydrogens (tertiary/aromatic N) is 1. The topological polar surface area (TPSA) is 96.3 Å². The number of methoxy groups -OCH3 is 1. The van der Waals surface area contributed by atoms with Crippen LogP contribution in [0, 0.1) is 18.3 Å². The molecule has 2 heterocycles. The van der Waals surface area contributed by atoms with Crippen LogP contribution >= 0.6 is 22.7 Å². The maximum atomic E-state index is 13.0. The van der Waals surface area contributed by atoms with E-state index < -0.39 is 16.0 Å². The van der Waals surface area contributed by atoms with Gasteiger partial charge in [-0.05, 0) is 66.5 Å². The first-order valence-corrected chi connectivity index (χ1v) is 11.6. The predicted molar refractivity (Wildman–Crippen MR) is 110 cm³/mol. The third-order valence-electron chi connectivity index (χ3n) is 4.65. The molecule has 0 amide bonds. The Hall–Kier alpha value is -2.41. The van der Waals surface area contributed by atoms with Crippen molar-refractivity contribution in [3.8, 4) is 6.07 Å². The van der Waals surface area contributed by atoms with Crippen LogP contribution < -0.4 is 4.72 Å². The molecule has 0 radical (unpaired) electrons. The van der Waals surface area contributed by atoms with Crippen LogP contribution in [-0.4, -0.2) is 21.5 Å². The third-order valence-corrected chi connectivity index (χ3v) is 9.08. The molecule has 0 bridgehead atoms. The number of carbonyl (C=O) groups is 1. The van der Waals surface area contributed by atoms with Crippen molar-refractivity contribution in [2.75, 3.05) is 11.8 Å². The Morgan fingerprint density at radius 2 is 2.04 bits per heavy atom. The Morgan fingerprint density at radius 3 is 2.68 bits per heavy atom. The minimum absolute atomic E-state index is 0.207. The van der Waals surface area contributed by atoms with Gasteiger partial charge in [0, 0.05) is 4.70 Å². The van der Waals surface area contributed by atoms with Gasteiger partial charge in [-0.3, -0.25) is 4.72 Å². The van der Waals surface area contributed by atoms with Gasteiger partial charge >= 0.3 is 5.97 Å². The molecule has 144 valence electrons. The van der Waals surface area contributed by atoms with Crippen molar-refractivity contribution < 1.29 is 17.9 Å². The SMILES string of the molecule is COC(=O)c1sc(NS(=O)(=O)c2sc3ccc(C#N)cc3c2C)cc1C1CC1. The number of hydrogen-bond donors (Lipinski definition) is 1. The molecule has 0 saturated heterocycles. The van der Waals surface area contributed by atoms with Gasteiger partial charge in [-0.1, -0.05) is 0 Å². The Labute approximate surface area is 170 Å². The van der Waals surface area contributed by atoms with E-state index in [1.807, 2.05) is 0 Å². The summed E-state index contributed by atoms with van der Waals surface area (Å²) in [6.45, 7) is 1.73. The molecule has 0 atom stereocenters. The Morgan fingerprint density at radius 1 is 1.29 bits per heavy atom. The van der Waals surface area contributed by atoms with Gasteiger partial charge in [-0.2, -0.15) is 5.26 Å². The van der Waals surface area contributed by atoms with E-state index in [0.717, 1.165) is 51.2 Å². The molecule has 1 N–H and O–H groups in total. The first-order valence-electron chi connectivity index (χ1n) is 8.52. The highest BCUT2D eigenvalue weighted by Crippen LogP contribution is 2.46. The monoisotopic (exact) mass is 432 g/mol. The van der Waals surface area contributed by atoms with Crippen LogP contribution in [0.25, 0.3) is 10.1 Å². The van der Waals surface area contributed by atoms with Crippen LogP contribution in [0.5, 0.6) is 0 Å². The average molecular weight is 433 g/mol. The van der Waals surface area contributed by atoms with E-state index >= 15 is 0 Å². The van der Waals surface area contributed by atoms with Crippen molar-refractivity contribution >= 4 is 53.8 Å². The van der Waals surface area contributed by atoms with Gasteiger partial charge in [-0.25, -0.2) is 13.2 Å². The Balaban J connectivity index is 1.72. The highest BCUT2D eigenvalue weighted by atomic mass is 32.2. The van der Waals surface area contributed by atoms with Crippen LogP contribution in [0.15, 0.2) is 28.5 Å². The van der Waals surface area contributed by atoms with E-state index in [9.17, 15) is 13.2 Å². The van der Waals surface area contributed by atoms with Crippen molar-refractivity contribution in [2.24, 2.45) is 0 Å². The van der Waals surface area contributed by atoms with Crippen LogP contribution in [0.4, 0.5) is 5.00 Å². The molecule has 1 aliphatic carbocycles. The zero-order valence-electron chi connectivity index (χ0n) is 15.1. The number of ether oxygens (including phenoxy) is 1. The molecule has 9 heteroatoms. The minimum atomic E-state index is -3.82. The van der Waals surface area contributed by atoms with E-state index in [0.29, 0.717) is 26.9 Å². The van der Waals surface area contributed by atoms with E-state index in [-0.39, 0.29) is 4.21 Å². The summed E-state index contributed by atoms with van der Waals surface area (Å²) in [7, 11) is -2.50. The van der Waals surface area contributed by atoms with E-state index in [1.54, 1.807) is 31.2 Å². The lowest BCUT2D eigenvalue weighted by atomic mass is 10.1. The lowest BCUT2D eigenvalue weighted by molar-refractivity contribution is 0.0605. The number of benzene rings is 1. The molecule has 3 aromatic rings. The van der Waals surface area contributed by atoms with Gasteiger partial charge in [-0.15, -0.1) is 22.7 Å². The van der Waals surface area contributed by atoms with Gasteiger partial charge in [0.15, 0.2) is 0 Å². The molecule has 1 aromatic carbocycles. The summed E-state index contributed by atoms with van der Waals surface area (Å²) in [6, 6.07) is 8.94. The van der Waals surface area contributed by atoms with Gasteiger partial charge in [0.2, 0.25) is 0 Å². The van der Waals surface area contributed by atoms with Crippen LogP contribution in [0.2, 0.25) is 0 Å². The first-order chi connectivity index (χ1) is 13.3. The van der Waals surface area contributed by atoms with E-state index in [1.165, 1.54) is 7.11 Å². The number of nitrogens with one attached hydrogen (secondary N) is 1. The molecule has 28 heavy (non-hydrogen) atoms. The average Bonchev–Trinajstić information content (AvgIpc) is 3.36. The second-order valence-corrected chi connectivity index (χ2v) is 10.6. The number of hydrogen-bond acceptors (Lipinski definition) is 7. The molecule has 4 rings (SSSR count). The van der Waals surface area contributed by atoms with Crippen LogP contribution in [-0.2, 0) is 14.8 Å². The number of anilines is 1. The zero-order chi connectivity index (χ0) is 20.1. The fourth-order valence-corrected chi connectivity index (χ4v) is 7.20. The van der Waals surface area contributed by atoms with E-state index in [2.05, 4.69) is 10.8 Å². The van der Waals surface area contributed by atoms with E-state index in [4.69, 9.17) is 10.00 Å². The minimum Gasteiger partial charge on any atom is -0.465 e. The first kappa shape index (κ1) is 18.9. The van der Waals surface area contributed by atoms with Gasteiger partial charge in [0.25, 0.3) is 10.0 Å². The van der Waals surface area contributed by atoms with Gasteiger partial charge in [0.05, 0.1) is 18.7 Å². The highest BCUT2D eigenvalue weighted by Gasteiger charge is 2.32. The number of nitriles is 1. The fraction of sp³-hybridized carbons (Fsp3) is 0.263. The number of fused-ring (bicyclic) bond motifs is 1. The third kappa shape index (κ3) is 3.28. The Kier molecular flexibility index (Phi) is 4.65. The summed E-state index contributed by atoms with van der Waals surface area (Å²) in [4.78, 5) is 12.5. The maximum absolute atomic E-state index is 13.0. The maximum Gasteiger partial charge on any atom is 0.348 e. The standard InChI is InChI=1S/C19H16N2O4S3/c1-10-13-7-11(9-20)3-6-15(13)26-19(10)28(23,24)21-16-8-14(12-4-5-12)17(27-16)18(22)25-2/h3,6-8,12,21H,4-5H2,1-2H3. The Bertz CT molecular complexity index is 1240. The normalized spacial score (nSPS) is 14.0. The molecule has 0 unspecified atom stereocenters. The fourth-order valence-electron chi connectivity index (χ4n) is 3.11. The van der Waals surface area contributed by atoms with Gasteiger partial charge < -0.3 is 4.74 Å². The molecule has 1 saturated carbocycles. The number of aryl methyl sites for hydroxylation is 1. The second kappa shape index (κ2) is 6.88. The van der Waals surface area contributed by atoms with Crippen LogP contribution in [0.1, 0.15) is 45.1 Å². The lowest BCUT2D eigenvalue weighted by Crippen LogP contribution is -2.11. The van der Waals surface area contributed by atoms with Crippen molar-refractivity contribution in [2.45, 2.75) is 29.9 Å². The van der Waals surface area contributed by atoms with Crippen molar-refractivity contribution in [3.63, 3.8) is 0 Å². The van der Waals surface area contributed by atoms with Gasteiger partial charge in [0.1, 0.15) is 14.1 Å². The highest BCUT2D eigenvalue weighted by molar-refractivity contribution is 7.95. The number of sulfonamides is 1. The summed E-state index contributed by atoms with van der Waals surface area (Å²) in [5.41, 5.74) is 1.94. The summed E-state index contributed by atoms with van der Waals surface area (Å²) in [6.07, 6.45) is 1.98. The molecule has 6 nitrogen and oxygen atoms in total. The molecule has 2 aromatic heterocycles. The second-order valence-electron chi connectivity index (χ2n) is 6.60. The molecular weight excluding hydrogens is 416 g/mol. The number of esters is 1. The summed E-state index contributed by atoms with van der Waals surface area (Å²) >= 11 is 2.26. The zero-order valence-corrected chi connectivity index (χ0v) is 17.6.